The Kier molecular flexibility index (Phi) is 10.3. The number of benzene rings is 2. The molecule has 190 valence electrons. The molecule has 0 aliphatic heterocycles. The Labute approximate surface area is 217 Å². The van der Waals surface area contributed by atoms with E-state index >= 15 is 0 Å². The van der Waals surface area contributed by atoms with Crippen molar-refractivity contribution in [3.63, 3.8) is 0 Å². The van der Waals surface area contributed by atoms with Crippen molar-refractivity contribution in [2.75, 3.05) is 31.5 Å². The molecule has 0 atom stereocenters. The summed E-state index contributed by atoms with van der Waals surface area (Å²) >= 11 is 0. The van der Waals surface area contributed by atoms with Gasteiger partial charge in [0, 0.05) is 28.9 Å². The van der Waals surface area contributed by atoms with Gasteiger partial charge in [-0.3, -0.25) is 9.59 Å². The number of hydrogen-bond donors (Lipinski definition) is 4. The minimum atomic E-state index is -0.572. The van der Waals surface area contributed by atoms with E-state index in [1.54, 1.807) is 12.1 Å². The van der Waals surface area contributed by atoms with Crippen molar-refractivity contribution in [3.8, 4) is 29.4 Å². The van der Waals surface area contributed by atoms with Crippen molar-refractivity contribution in [1.29, 1.82) is 0 Å². The molecule has 8 nitrogen and oxygen atoms in total. The van der Waals surface area contributed by atoms with Crippen molar-refractivity contribution < 1.29 is 9.90 Å². The van der Waals surface area contributed by atoms with Gasteiger partial charge >= 0.3 is 0 Å². The van der Waals surface area contributed by atoms with E-state index in [2.05, 4.69) is 63.0 Å². The van der Waals surface area contributed by atoms with Crippen LogP contribution in [0.2, 0.25) is 0 Å². The van der Waals surface area contributed by atoms with Crippen LogP contribution in [0.1, 0.15) is 47.4 Å². The number of carbonyl (C=O) groups excluding carboxylic acids is 1. The van der Waals surface area contributed by atoms with E-state index < -0.39 is 11.3 Å². The molecular weight excluding hydrogens is 466 g/mol. The molecule has 0 bridgehead atoms. The van der Waals surface area contributed by atoms with Gasteiger partial charge in [0.1, 0.15) is 5.69 Å². The molecule has 0 aliphatic rings. The maximum Gasteiger partial charge on any atom is 0.293 e. The Bertz CT molecular complexity index is 1350. The second kappa shape index (κ2) is 14.1. The molecule has 0 saturated carbocycles. The molecule has 1 amide bonds. The van der Waals surface area contributed by atoms with Crippen molar-refractivity contribution >= 4 is 11.6 Å². The molecule has 1 aromatic heterocycles. The summed E-state index contributed by atoms with van der Waals surface area (Å²) in [6.07, 6.45) is 2.17. The number of aromatic amines is 1. The lowest BCUT2D eigenvalue weighted by molar-refractivity contribution is 0.0952. The molecule has 3 rings (SSSR count). The Morgan fingerprint density at radius 2 is 1.62 bits per heavy atom. The fourth-order valence-corrected chi connectivity index (χ4v) is 3.47. The molecule has 4 N–H and O–H groups in total. The number of hydrogen-bond acceptors (Lipinski definition) is 6. The zero-order chi connectivity index (χ0) is 26.5. The number of H-pyrrole nitrogens is 1. The molecule has 0 spiro atoms. The van der Waals surface area contributed by atoms with Gasteiger partial charge in [0.15, 0.2) is 0 Å². The summed E-state index contributed by atoms with van der Waals surface area (Å²) in [5.41, 5.74) is 2.68. The van der Waals surface area contributed by atoms with Gasteiger partial charge in [0.2, 0.25) is 5.75 Å². The van der Waals surface area contributed by atoms with Gasteiger partial charge in [-0.1, -0.05) is 25.7 Å². The summed E-state index contributed by atoms with van der Waals surface area (Å²) in [5.74, 6) is 11.2. The van der Waals surface area contributed by atoms with Crippen LogP contribution in [0.15, 0.2) is 59.7 Å². The Morgan fingerprint density at radius 3 is 2.24 bits per heavy atom. The number of aromatic hydroxyl groups is 1. The Morgan fingerprint density at radius 1 is 1.00 bits per heavy atom. The normalized spacial score (nSPS) is 10.1. The molecule has 37 heavy (non-hydrogen) atoms. The minimum absolute atomic E-state index is 0.0812. The molecule has 8 heteroatoms. The first-order valence-corrected chi connectivity index (χ1v) is 12.2. The minimum Gasteiger partial charge on any atom is -0.502 e. The van der Waals surface area contributed by atoms with Gasteiger partial charge in [-0.05, 0) is 86.4 Å². The number of nitrogens with one attached hydrogen (secondary N) is 3. The van der Waals surface area contributed by atoms with Gasteiger partial charge in [-0.15, -0.1) is 0 Å². The molecule has 3 aromatic rings. The van der Waals surface area contributed by atoms with E-state index in [9.17, 15) is 14.7 Å². The number of nitrogens with zero attached hydrogens (tertiary/aromatic N) is 2. The van der Waals surface area contributed by atoms with E-state index in [4.69, 9.17) is 0 Å². The van der Waals surface area contributed by atoms with Gasteiger partial charge in [0.25, 0.3) is 11.5 Å². The fourth-order valence-electron chi connectivity index (χ4n) is 3.47. The standard InChI is InChI=1S/C29H31N5O3/c1-3-34(4-2)19-7-18-30-28(36)24-14-10-22(11-15-24)8-5-6-9-23-12-16-25(17-13-23)31-20-26-27(35)29(37)33-21-32-26/h10-17,21,31,35H,3-4,7,18-20H2,1-2H3,(H,30,36)(H,32,33,37). The number of anilines is 1. The zero-order valence-corrected chi connectivity index (χ0v) is 21.1. The van der Waals surface area contributed by atoms with Crippen LogP contribution < -0.4 is 16.2 Å². The predicted octanol–water partition coefficient (Wildman–Crippen LogP) is 2.95. The fraction of sp³-hybridized carbons (Fsp3) is 0.276. The molecule has 0 aliphatic carbocycles. The lowest BCUT2D eigenvalue weighted by Crippen LogP contribution is -2.29. The highest BCUT2D eigenvalue weighted by Crippen LogP contribution is 2.12. The summed E-state index contributed by atoms with van der Waals surface area (Å²) in [6, 6.07) is 14.5. The Balaban J connectivity index is 1.47. The summed E-state index contributed by atoms with van der Waals surface area (Å²) < 4.78 is 0. The van der Waals surface area contributed by atoms with E-state index in [1.807, 2.05) is 36.4 Å². The topological polar surface area (TPSA) is 110 Å². The van der Waals surface area contributed by atoms with E-state index in [0.29, 0.717) is 12.1 Å². The van der Waals surface area contributed by atoms with Crippen LogP contribution in [-0.2, 0) is 6.54 Å². The van der Waals surface area contributed by atoms with E-state index in [-0.39, 0.29) is 18.1 Å². The number of carbonyl (C=O) groups is 1. The quantitative estimate of drug-likeness (QED) is 0.253. The third kappa shape index (κ3) is 8.57. The lowest BCUT2D eigenvalue weighted by Gasteiger charge is -2.17. The average Bonchev–Trinajstić information content (AvgIpc) is 2.93. The van der Waals surface area contributed by atoms with Crippen LogP contribution in [-0.4, -0.2) is 52.1 Å². The molecule has 2 aromatic carbocycles. The van der Waals surface area contributed by atoms with Gasteiger partial charge < -0.3 is 25.6 Å². The first-order valence-electron chi connectivity index (χ1n) is 12.2. The molecule has 0 saturated heterocycles. The number of aromatic nitrogens is 2. The van der Waals surface area contributed by atoms with Crippen LogP contribution in [0.25, 0.3) is 0 Å². The SMILES string of the molecule is CCN(CC)CCCNC(=O)c1ccc(C#CC#Cc2ccc(NCc3nc[nH]c(=O)c3O)cc2)cc1. The average molecular weight is 498 g/mol. The second-order valence-corrected chi connectivity index (χ2v) is 8.17. The monoisotopic (exact) mass is 497 g/mol. The summed E-state index contributed by atoms with van der Waals surface area (Å²) in [7, 11) is 0. The third-order valence-electron chi connectivity index (χ3n) is 5.70. The van der Waals surface area contributed by atoms with Crippen molar-refractivity contribution in [2.24, 2.45) is 0 Å². The van der Waals surface area contributed by atoms with Gasteiger partial charge in [-0.2, -0.15) is 0 Å². The first kappa shape index (κ1) is 27.1. The highest BCUT2D eigenvalue weighted by atomic mass is 16.3. The van der Waals surface area contributed by atoms with E-state index in [1.165, 1.54) is 6.33 Å². The van der Waals surface area contributed by atoms with Crippen molar-refractivity contribution in [1.82, 2.24) is 20.2 Å². The molecule has 0 radical (unpaired) electrons. The summed E-state index contributed by atoms with van der Waals surface area (Å²) in [5, 5.41) is 15.8. The van der Waals surface area contributed by atoms with E-state index in [0.717, 1.165) is 42.9 Å². The first-order chi connectivity index (χ1) is 18.0. The van der Waals surface area contributed by atoms with Crippen LogP contribution in [0, 0.1) is 23.7 Å². The molecule has 0 fully saturated rings. The zero-order valence-electron chi connectivity index (χ0n) is 21.1. The number of rotatable bonds is 10. The lowest BCUT2D eigenvalue weighted by atomic mass is 10.1. The molecule has 1 heterocycles. The summed E-state index contributed by atoms with van der Waals surface area (Å²) in [6.45, 7) is 8.16. The van der Waals surface area contributed by atoms with Crippen LogP contribution >= 0.6 is 0 Å². The van der Waals surface area contributed by atoms with Gasteiger partial charge in [0.05, 0.1) is 12.9 Å². The second-order valence-electron chi connectivity index (χ2n) is 8.17. The highest BCUT2D eigenvalue weighted by molar-refractivity contribution is 5.94. The third-order valence-corrected chi connectivity index (χ3v) is 5.70. The smallest absolute Gasteiger partial charge is 0.293 e. The maximum atomic E-state index is 12.3. The summed E-state index contributed by atoms with van der Waals surface area (Å²) in [4.78, 5) is 32.3. The predicted molar refractivity (Wildman–Crippen MR) is 145 cm³/mol. The van der Waals surface area contributed by atoms with Crippen LogP contribution in [0.4, 0.5) is 5.69 Å². The molecule has 0 unspecified atom stereocenters. The molecular formula is C29H31N5O3. The largest absolute Gasteiger partial charge is 0.502 e. The highest BCUT2D eigenvalue weighted by Gasteiger charge is 2.06. The van der Waals surface area contributed by atoms with Gasteiger partial charge in [-0.25, -0.2) is 4.98 Å². The maximum absolute atomic E-state index is 12.3. The van der Waals surface area contributed by atoms with Crippen molar-refractivity contribution in [2.45, 2.75) is 26.8 Å². The van der Waals surface area contributed by atoms with Crippen molar-refractivity contribution in [3.05, 3.63) is 87.6 Å². The Hall–Kier alpha value is -4.53. The van der Waals surface area contributed by atoms with Crippen LogP contribution in [0.3, 0.4) is 0 Å². The van der Waals surface area contributed by atoms with Crippen LogP contribution in [0.5, 0.6) is 5.75 Å². The number of amides is 1.